The molecular formula is C30H40Cl2N6O7. The fraction of sp³-hybridized carbons (Fsp3) is 0.533. The van der Waals surface area contributed by atoms with E-state index in [0.717, 1.165) is 100 Å². The van der Waals surface area contributed by atoms with Crippen molar-refractivity contribution in [3.05, 3.63) is 78.9 Å². The number of piperazine rings is 2. The smallest absolute Gasteiger partial charge is 0.409 e. The van der Waals surface area contributed by atoms with Crippen molar-refractivity contribution in [2.75, 3.05) is 59.5 Å². The van der Waals surface area contributed by atoms with Crippen molar-refractivity contribution in [3.63, 3.8) is 0 Å². The van der Waals surface area contributed by atoms with Gasteiger partial charge in [0, 0.05) is 62.4 Å². The lowest BCUT2D eigenvalue weighted by Crippen LogP contribution is -3.00. The quantitative estimate of drug-likeness (QED) is 0.277. The summed E-state index contributed by atoms with van der Waals surface area (Å²) in [6, 6.07) is 10.7. The molecule has 246 valence electrons. The Balaban J connectivity index is 0.000000198. The zero-order chi connectivity index (χ0) is 31.8. The highest BCUT2D eigenvalue weighted by atomic mass is 35.5. The molecule has 2 atom stereocenters. The molecule has 2 aliphatic carbocycles. The number of methoxy groups -OCH3 is 1. The number of nitrogens with two attached hydrogens (primary N) is 1. The van der Waals surface area contributed by atoms with Crippen molar-refractivity contribution in [3.8, 4) is 0 Å². The van der Waals surface area contributed by atoms with Crippen LogP contribution in [0.3, 0.4) is 0 Å². The second-order valence-corrected chi connectivity index (χ2v) is 11.7. The van der Waals surface area contributed by atoms with Gasteiger partial charge >= 0.3 is 6.09 Å². The van der Waals surface area contributed by atoms with E-state index in [1.54, 1.807) is 30.0 Å². The SMILES string of the molecule is CC(=O)N1CCN(C2CCc3c2cccc3[N+](=O)[O-])CC1.COC(=O)N1CC[NH2+]CC1.O=[N+]([O-])c1cccc2c1CCC2Cl.[Cl-]. The molecule has 2 N–H and O–H groups in total. The summed E-state index contributed by atoms with van der Waals surface area (Å²) in [5.74, 6) is 0.122. The van der Waals surface area contributed by atoms with Gasteiger partial charge in [-0.1, -0.05) is 24.3 Å². The summed E-state index contributed by atoms with van der Waals surface area (Å²) in [5, 5.41) is 23.9. The number of alkyl halides is 1. The molecule has 6 rings (SSSR count). The normalized spacial score (nSPS) is 20.2. The van der Waals surface area contributed by atoms with Crippen molar-refractivity contribution in [1.82, 2.24) is 14.7 Å². The highest BCUT2D eigenvalue weighted by Gasteiger charge is 2.34. The summed E-state index contributed by atoms with van der Waals surface area (Å²) in [5.41, 5.74) is 4.18. The van der Waals surface area contributed by atoms with E-state index in [2.05, 4.69) is 15.0 Å². The number of fused-ring (bicyclic) bond motifs is 2. The first-order valence-electron chi connectivity index (χ1n) is 14.9. The van der Waals surface area contributed by atoms with Crippen LogP contribution in [-0.2, 0) is 22.4 Å². The van der Waals surface area contributed by atoms with Gasteiger partial charge in [-0.3, -0.25) is 34.8 Å². The van der Waals surface area contributed by atoms with Crippen LogP contribution in [-0.4, -0.2) is 96.0 Å². The predicted octanol–water partition coefficient (Wildman–Crippen LogP) is 0.203. The third-order valence-electron chi connectivity index (χ3n) is 8.62. The molecule has 4 aliphatic rings. The summed E-state index contributed by atoms with van der Waals surface area (Å²) in [6.45, 7) is 8.39. The molecule has 2 fully saturated rings. The molecule has 2 heterocycles. The lowest BCUT2D eigenvalue weighted by Gasteiger charge is -2.38. The first-order valence-corrected chi connectivity index (χ1v) is 15.4. The van der Waals surface area contributed by atoms with E-state index >= 15 is 0 Å². The lowest BCUT2D eigenvalue weighted by atomic mass is 10.0. The van der Waals surface area contributed by atoms with Crippen LogP contribution < -0.4 is 17.7 Å². The molecular weight excluding hydrogens is 627 g/mol. The molecule has 2 aromatic rings. The molecule has 2 aromatic carbocycles. The van der Waals surface area contributed by atoms with E-state index in [1.807, 2.05) is 17.0 Å². The Morgan fingerprint density at radius 2 is 1.38 bits per heavy atom. The number of carbonyl (C=O) groups excluding carboxylic acids is 2. The summed E-state index contributed by atoms with van der Waals surface area (Å²) >= 11 is 6.00. The van der Waals surface area contributed by atoms with Crippen LogP contribution in [0.4, 0.5) is 16.2 Å². The molecule has 13 nitrogen and oxygen atoms in total. The largest absolute Gasteiger partial charge is 1.00 e. The molecule has 0 saturated carbocycles. The number of halogens is 2. The summed E-state index contributed by atoms with van der Waals surface area (Å²) in [7, 11) is 1.42. The fourth-order valence-corrected chi connectivity index (χ4v) is 6.64. The molecule has 0 aromatic heterocycles. The van der Waals surface area contributed by atoms with Gasteiger partial charge in [-0.25, -0.2) is 4.79 Å². The lowest BCUT2D eigenvalue weighted by molar-refractivity contribution is -0.662. The van der Waals surface area contributed by atoms with Gasteiger partial charge in [0.25, 0.3) is 11.4 Å². The highest BCUT2D eigenvalue weighted by Crippen LogP contribution is 2.41. The van der Waals surface area contributed by atoms with Gasteiger partial charge in [0.2, 0.25) is 5.91 Å². The maximum absolute atomic E-state index is 11.4. The summed E-state index contributed by atoms with van der Waals surface area (Å²) < 4.78 is 4.56. The number of nitro benzene ring substituents is 2. The van der Waals surface area contributed by atoms with Gasteiger partial charge in [0.05, 0.1) is 48.5 Å². The van der Waals surface area contributed by atoms with E-state index in [-0.39, 0.29) is 57.0 Å². The summed E-state index contributed by atoms with van der Waals surface area (Å²) in [4.78, 5) is 49.3. The van der Waals surface area contributed by atoms with Crippen molar-refractivity contribution in [2.45, 2.75) is 44.0 Å². The van der Waals surface area contributed by atoms with Crippen LogP contribution in [0.1, 0.15) is 53.4 Å². The molecule has 2 amide bonds. The summed E-state index contributed by atoms with van der Waals surface area (Å²) in [6.07, 6.45) is 3.03. The average molecular weight is 668 g/mol. The average Bonchev–Trinajstić information content (AvgIpc) is 3.65. The molecule has 0 spiro atoms. The Morgan fingerprint density at radius 3 is 1.91 bits per heavy atom. The number of benzene rings is 2. The number of rotatable bonds is 3. The number of nitro groups is 2. The van der Waals surface area contributed by atoms with Gasteiger partial charge in [0.15, 0.2) is 0 Å². The minimum atomic E-state index is -0.340. The second kappa shape index (κ2) is 16.7. The Kier molecular flexibility index (Phi) is 13.3. The molecule has 45 heavy (non-hydrogen) atoms. The molecule has 2 unspecified atom stereocenters. The number of carbonyl (C=O) groups is 2. The molecule has 0 bridgehead atoms. The van der Waals surface area contributed by atoms with Crippen molar-refractivity contribution in [1.29, 1.82) is 0 Å². The van der Waals surface area contributed by atoms with E-state index in [1.165, 1.54) is 13.2 Å². The zero-order valence-electron chi connectivity index (χ0n) is 25.5. The molecule has 0 radical (unpaired) electrons. The van der Waals surface area contributed by atoms with Gasteiger partial charge in [-0.05, 0) is 36.8 Å². The van der Waals surface area contributed by atoms with Crippen LogP contribution in [0.15, 0.2) is 36.4 Å². The third kappa shape index (κ3) is 8.81. The van der Waals surface area contributed by atoms with E-state index in [9.17, 15) is 29.8 Å². The minimum absolute atomic E-state index is 0. The number of hydrogen-bond acceptors (Lipinski definition) is 8. The monoisotopic (exact) mass is 666 g/mol. The number of ether oxygens (including phenoxy) is 1. The van der Waals surface area contributed by atoms with Crippen molar-refractivity contribution < 1.29 is 41.9 Å². The van der Waals surface area contributed by atoms with E-state index in [0.29, 0.717) is 0 Å². The van der Waals surface area contributed by atoms with E-state index < -0.39 is 0 Å². The van der Waals surface area contributed by atoms with Crippen LogP contribution in [0.5, 0.6) is 0 Å². The number of hydrogen-bond donors (Lipinski definition) is 1. The van der Waals surface area contributed by atoms with Gasteiger partial charge in [-0.2, -0.15) is 0 Å². The van der Waals surface area contributed by atoms with E-state index in [4.69, 9.17) is 11.6 Å². The van der Waals surface area contributed by atoms with Gasteiger partial charge in [0.1, 0.15) is 0 Å². The fourth-order valence-electron chi connectivity index (χ4n) is 6.33. The highest BCUT2D eigenvalue weighted by molar-refractivity contribution is 6.21. The maximum atomic E-state index is 11.4. The van der Waals surface area contributed by atoms with Crippen molar-refractivity contribution in [2.24, 2.45) is 0 Å². The maximum Gasteiger partial charge on any atom is 0.409 e. The first-order chi connectivity index (χ1) is 21.1. The molecule has 15 heteroatoms. The zero-order valence-corrected chi connectivity index (χ0v) is 27.0. The van der Waals surface area contributed by atoms with Gasteiger partial charge < -0.3 is 27.4 Å². The minimum Gasteiger partial charge on any atom is -1.00 e. The molecule has 2 saturated heterocycles. The Morgan fingerprint density at radius 1 is 0.844 bits per heavy atom. The first kappa shape index (κ1) is 36.0. The Bertz CT molecular complexity index is 1370. The Labute approximate surface area is 273 Å². The van der Waals surface area contributed by atoms with Gasteiger partial charge in [-0.15, -0.1) is 11.6 Å². The van der Waals surface area contributed by atoms with Crippen LogP contribution in [0, 0.1) is 20.2 Å². The number of quaternary nitrogens is 1. The second-order valence-electron chi connectivity index (χ2n) is 11.1. The molecule has 2 aliphatic heterocycles. The Hall–Kier alpha value is -3.52. The van der Waals surface area contributed by atoms with Crippen LogP contribution in [0.2, 0.25) is 0 Å². The standard InChI is InChI=1S/C15H19N3O3.C9H8ClNO2.C6H12N2O2.ClH/c1-11(19)16-7-9-17(10-8-16)14-6-5-13-12(14)3-2-4-15(13)18(20)21;10-8-5-4-7-6(8)2-1-3-9(7)11(12)13;1-10-6(9)8-4-2-7-3-5-8;/h2-4,14H,5-10H2,1H3;1-3,8H,4-5H2;7H,2-5H2,1H3;1H. The topological polar surface area (TPSA) is 156 Å². The van der Waals surface area contributed by atoms with Crippen LogP contribution >= 0.6 is 11.6 Å². The third-order valence-corrected chi connectivity index (χ3v) is 9.07. The number of amides is 2. The van der Waals surface area contributed by atoms with Crippen molar-refractivity contribution >= 4 is 35.0 Å². The predicted molar refractivity (Wildman–Crippen MR) is 164 cm³/mol. The number of nitrogens with zero attached hydrogens (tertiary/aromatic N) is 5. The van der Waals surface area contributed by atoms with Crippen LogP contribution in [0.25, 0.3) is 0 Å².